The number of aliphatic imine (C=N–C) groups is 1. The minimum Gasteiger partial charge on any atom is -0.480 e. The maximum Gasteiger partial charge on any atom is 0.329 e. The average Bonchev–Trinajstić information content (AvgIpc) is 3.01. The number of fused-ring (bicyclic) bond motifs is 1. The summed E-state index contributed by atoms with van der Waals surface area (Å²) in [6.07, 6.45) is 0. The van der Waals surface area contributed by atoms with Gasteiger partial charge < -0.3 is 14.7 Å². The zero-order valence-electron chi connectivity index (χ0n) is 13.7. The molecule has 0 unspecified atom stereocenters. The van der Waals surface area contributed by atoms with Gasteiger partial charge in [-0.15, -0.1) is 0 Å². The summed E-state index contributed by atoms with van der Waals surface area (Å²) in [5.74, 6) is -1.99. The smallest absolute Gasteiger partial charge is 0.329 e. The van der Waals surface area contributed by atoms with Crippen molar-refractivity contribution in [1.29, 1.82) is 0 Å². The Morgan fingerprint density at radius 1 is 1.30 bits per heavy atom. The van der Waals surface area contributed by atoms with E-state index in [0.717, 1.165) is 0 Å². The predicted molar refractivity (Wildman–Crippen MR) is 104 cm³/mol. The van der Waals surface area contributed by atoms with Crippen LogP contribution in [0.5, 0.6) is 0 Å². The van der Waals surface area contributed by atoms with Crippen molar-refractivity contribution in [3.8, 4) is 0 Å². The third-order valence-corrected chi connectivity index (χ3v) is 7.95. The van der Waals surface area contributed by atoms with E-state index in [1.165, 1.54) is 11.8 Å². The van der Waals surface area contributed by atoms with E-state index in [0.29, 0.717) is 10.7 Å². The molecule has 1 amide bonds. The van der Waals surface area contributed by atoms with Gasteiger partial charge in [0.05, 0.1) is 33.3 Å². The average molecular weight is 453 g/mol. The van der Waals surface area contributed by atoms with Crippen LogP contribution >= 0.6 is 35.0 Å². The van der Waals surface area contributed by atoms with Gasteiger partial charge in [0, 0.05) is 5.25 Å². The van der Waals surface area contributed by atoms with Crippen LogP contribution in [0.2, 0.25) is 10.0 Å². The number of carbonyl (C=O) groups is 2. The summed E-state index contributed by atoms with van der Waals surface area (Å²) in [6, 6.07) is 4.51. The van der Waals surface area contributed by atoms with Gasteiger partial charge in [-0.2, -0.15) is 4.99 Å². The molecule has 2 heterocycles. The van der Waals surface area contributed by atoms with Crippen molar-refractivity contribution in [2.45, 2.75) is 11.3 Å². The standard InChI is InChI=1S/C15H14Cl2N2O6S2/c16-8-2-1-3-9(14(8)17)19-10-6-27(23,24)7-11(10)26-15(19)18-12(20)4-25-5-13(21)22/h1-3,10-11H,4-7H2,(H,21,22)/t10-,11-/m0/s1. The topological polar surface area (TPSA) is 113 Å². The van der Waals surface area contributed by atoms with Crippen molar-refractivity contribution in [1.82, 2.24) is 0 Å². The number of benzene rings is 1. The molecule has 12 heteroatoms. The summed E-state index contributed by atoms with van der Waals surface area (Å²) in [6.45, 7) is -1.11. The molecule has 2 atom stereocenters. The molecule has 2 aliphatic rings. The molecule has 0 bridgehead atoms. The van der Waals surface area contributed by atoms with Crippen LogP contribution in [0.1, 0.15) is 0 Å². The van der Waals surface area contributed by atoms with Gasteiger partial charge in [-0.1, -0.05) is 41.0 Å². The number of hydrogen-bond acceptors (Lipinski definition) is 6. The quantitative estimate of drug-likeness (QED) is 0.717. The van der Waals surface area contributed by atoms with Crippen LogP contribution in [-0.2, 0) is 24.2 Å². The molecule has 8 nitrogen and oxygen atoms in total. The van der Waals surface area contributed by atoms with Crippen molar-refractivity contribution in [3.05, 3.63) is 28.2 Å². The van der Waals surface area contributed by atoms with Crippen LogP contribution in [0.15, 0.2) is 23.2 Å². The van der Waals surface area contributed by atoms with Gasteiger partial charge in [-0.25, -0.2) is 13.2 Å². The van der Waals surface area contributed by atoms with Crippen molar-refractivity contribution >= 4 is 67.5 Å². The van der Waals surface area contributed by atoms with Gasteiger partial charge in [0.25, 0.3) is 5.91 Å². The number of nitrogens with zero attached hydrogens (tertiary/aromatic N) is 2. The van der Waals surface area contributed by atoms with Gasteiger partial charge in [-0.05, 0) is 12.1 Å². The van der Waals surface area contributed by atoms with Crippen LogP contribution in [0, 0.1) is 0 Å². The number of amidine groups is 1. The largest absolute Gasteiger partial charge is 0.480 e. The fourth-order valence-corrected chi connectivity index (χ4v) is 7.20. The van der Waals surface area contributed by atoms with Gasteiger partial charge >= 0.3 is 5.97 Å². The summed E-state index contributed by atoms with van der Waals surface area (Å²) >= 11 is 13.5. The monoisotopic (exact) mass is 452 g/mol. The Morgan fingerprint density at radius 3 is 2.74 bits per heavy atom. The lowest BCUT2D eigenvalue weighted by Crippen LogP contribution is -2.38. The lowest BCUT2D eigenvalue weighted by molar-refractivity contribution is -0.143. The molecule has 0 radical (unpaired) electrons. The summed E-state index contributed by atoms with van der Waals surface area (Å²) < 4.78 is 28.8. The summed E-state index contributed by atoms with van der Waals surface area (Å²) in [5, 5.41) is 9.06. The molecule has 1 N–H and O–H groups in total. The molecule has 0 saturated carbocycles. The van der Waals surface area contributed by atoms with Crippen LogP contribution in [0.3, 0.4) is 0 Å². The molecule has 27 heavy (non-hydrogen) atoms. The normalized spacial score (nSPS) is 25.0. The third-order valence-electron chi connectivity index (χ3n) is 3.93. The number of carboxylic acid groups (broad SMARTS) is 1. The van der Waals surface area contributed by atoms with E-state index in [2.05, 4.69) is 4.99 Å². The van der Waals surface area contributed by atoms with E-state index in [1.807, 2.05) is 0 Å². The highest BCUT2D eigenvalue weighted by Crippen LogP contribution is 2.44. The van der Waals surface area contributed by atoms with Crippen molar-refractivity contribution in [2.24, 2.45) is 4.99 Å². The third kappa shape index (κ3) is 4.57. The van der Waals surface area contributed by atoms with Gasteiger partial charge in [0.2, 0.25) is 0 Å². The minimum atomic E-state index is -3.21. The molecule has 3 rings (SSSR count). The highest BCUT2D eigenvalue weighted by atomic mass is 35.5. The molecular weight excluding hydrogens is 439 g/mol. The first-order chi connectivity index (χ1) is 12.7. The number of thioether (sulfide) groups is 1. The Hall–Kier alpha value is -1.33. The van der Waals surface area contributed by atoms with Crippen molar-refractivity contribution in [2.75, 3.05) is 29.6 Å². The fourth-order valence-electron chi connectivity index (χ4n) is 2.89. The molecule has 2 fully saturated rings. The van der Waals surface area contributed by atoms with Crippen LogP contribution in [-0.4, -0.2) is 66.6 Å². The molecule has 1 aromatic carbocycles. The van der Waals surface area contributed by atoms with Gasteiger partial charge in [0.15, 0.2) is 15.0 Å². The second-order valence-corrected chi connectivity index (χ2v) is 10.1. The number of amides is 1. The summed E-state index contributed by atoms with van der Waals surface area (Å²) in [7, 11) is -3.21. The molecule has 0 aliphatic carbocycles. The Balaban J connectivity index is 1.91. The van der Waals surface area contributed by atoms with Gasteiger partial charge in [-0.3, -0.25) is 4.79 Å². The van der Waals surface area contributed by atoms with Crippen molar-refractivity contribution < 1.29 is 27.9 Å². The number of anilines is 1. The SMILES string of the molecule is O=C(O)COCC(=O)N=C1S[C@H]2CS(=O)(=O)C[C@@H]2N1c1cccc(Cl)c1Cl. The number of hydrogen-bond donors (Lipinski definition) is 1. The number of halogens is 2. The zero-order chi connectivity index (χ0) is 19.8. The highest BCUT2D eigenvalue weighted by Gasteiger charge is 2.49. The van der Waals surface area contributed by atoms with E-state index in [-0.39, 0.29) is 26.9 Å². The van der Waals surface area contributed by atoms with Crippen LogP contribution in [0.25, 0.3) is 0 Å². The highest BCUT2D eigenvalue weighted by molar-refractivity contribution is 8.16. The Morgan fingerprint density at radius 2 is 2.04 bits per heavy atom. The number of aliphatic carboxylic acids is 1. The molecule has 1 aromatic rings. The van der Waals surface area contributed by atoms with Crippen molar-refractivity contribution in [3.63, 3.8) is 0 Å². The summed E-state index contributed by atoms with van der Waals surface area (Å²) in [5.41, 5.74) is 0.458. The first-order valence-electron chi connectivity index (χ1n) is 7.69. The number of carbonyl (C=O) groups excluding carboxylic acids is 1. The maximum absolute atomic E-state index is 12.0. The van der Waals surface area contributed by atoms with Crippen LogP contribution < -0.4 is 4.90 Å². The van der Waals surface area contributed by atoms with Gasteiger partial charge in [0.1, 0.15) is 13.2 Å². The second-order valence-electron chi connectivity index (χ2n) is 5.92. The Kier molecular flexibility index (Phi) is 6.02. The zero-order valence-corrected chi connectivity index (χ0v) is 16.8. The number of ether oxygens (including phenoxy) is 1. The molecule has 146 valence electrons. The fraction of sp³-hybridized carbons (Fsp3) is 0.400. The lowest BCUT2D eigenvalue weighted by Gasteiger charge is -2.25. The Bertz CT molecular complexity index is 921. The molecule has 2 aliphatic heterocycles. The minimum absolute atomic E-state index is 0.0280. The van der Waals surface area contributed by atoms with E-state index in [9.17, 15) is 18.0 Å². The molecule has 0 aromatic heterocycles. The predicted octanol–water partition coefficient (Wildman–Crippen LogP) is 1.70. The second kappa shape index (κ2) is 7.96. The molecular formula is C15H14Cl2N2O6S2. The van der Waals surface area contributed by atoms with E-state index >= 15 is 0 Å². The maximum atomic E-state index is 12.0. The summed E-state index contributed by atoms with van der Waals surface area (Å²) in [4.78, 5) is 28.1. The Labute approximate surface area is 169 Å². The number of sulfone groups is 1. The first-order valence-corrected chi connectivity index (χ1v) is 11.1. The molecule has 2 saturated heterocycles. The van der Waals surface area contributed by atoms with E-state index < -0.39 is 41.0 Å². The number of rotatable bonds is 5. The molecule has 0 spiro atoms. The van der Waals surface area contributed by atoms with E-state index in [4.69, 9.17) is 33.0 Å². The van der Waals surface area contributed by atoms with Crippen LogP contribution in [0.4, 0.5) is 5.69 Å². The number of carboxylic acids is 1. The first kappa shape index (κ1) is 20.4. The van der Waals surface area contributed by atoms with E-state index in [1.54, 1.807) is 23.1 Å². The lowest BCUT2D eigenvalue weighted by atomic mass is 10.2.